The van der Waals surface area contributed by atoms with Crippen molar-refractivity contribution in [2.45, 2.75) is 25.7 Å². The maximum Gasteiger partial charge on any atom is 0.115 e. The van der Waals surface area contributed by atoms with E-state index in [1.54, 1.807) is 23.6 Å². The number of thiazole rings is 1. The molecular weight excluding hydrogens is 204 g/mol. The first-order chi connectivity index (χ1) is 7.27. The van der Waals surface area contributed by atoms with E-state index in [9.17, 15) is 0 Å². The minimum atomic E-state index is 0.529. The molecule has 1 N–H and O–H groups in total. The monoisotopic (exact) mass is 222 g/mol. The Morgan fingerprint density at radius 3 is 3.00 bits per heavy atom. The molecule has 0 fully saturated rings. The van der Waals surface area contributed by atoms with Gasteiger partial charge in [0.2, 0.25) is 0 Å². The van der Waals surface area contributed by atoms with Crippen LogP contribution < -0.4 is 5.32 Å². The molecule has 15 heavy (non-hydrogen) atoms. The van der Waals surface area contributed by atoms with Gasteiger partial charge >= 0.3 is 0 Å². The third-order valence-electron chi connectivity index (χ3n) is 2.32. The fourth-order valence-corrected chi connectivity index (χ4v) is 2.16. The Balaban J connectivity index is 2.35. The summed E-state index contributed by atoms with van der Waals surface area (Å²) < 4.78 is 0. The average Bonchev–Trinajstić information content (AvgIpc) is 2.72. The molecule has 1 aromatic rings. The first-order valence-electron chi connectivity index (χ1n) is 5.20. The van der Waals surface area contributed by atoms with Crippen molar-refractivity contribution in [2.75, 3.05) is 6.54 Å². The molecule has 0 amide bonds. The highest BCUT2D eigenvalue weighted by Gasteiger charge is 2.08. The van der Waals surface area contributed by atoms with E-state index in [1.165, 1.54) is 5.69 Å². The Morgan fingerprint density at radius 1 is 1.60 bits per heavy atom. The van der Waals surface area contributed by atoms with Gasteiger partial charge in [-0.25, -0.2) is 4.98 Å². The van der Waals surface area contributed by atoms with E-state index >= 15 is 0 Å². The molecule has 1 rings (SSSR count). The van der Waals surface area contributed by atoms with Crippen molar-refractivity contribution in [3.63, 3.8) is 0 Å². The Morgan fingerprint density at radius 2 is 2.40 bits per heavy atom. The summed E-state index contributed by atoms with van der Waals surface area (Å²) in [6, 6.07) is 0. The van der Waals surface area contributed by atoms with Crippen molar-refractivity contribution >= 4 is 17.4 Å². The first-order valence-corrected chi connectivity index (χ1v) is 6.08. The van der Waals surface area contributed by atoms with E-state index in [0.717, 1.165) is 24.4 Å². The molecule has 0 bridgehead atoms. The number of rotatable bonds is 7. The third kappa shape index (κ3) is 3.88. The van der Waals surface area contributed by atoms with E-state index in [1.807, 2.05) is 0 Å². The summed E-state index contributed by atoms with van der Waals surface area (Å²) in [5, 5.41) is 6.24. The fraction of sp³-hybridized carbons (Fsp3) is 0.417. The first kappa shape index (κ1) is 12.0. The maximum absolute atomic E-state index is 4.49. The van der Waals surface area contributed by atoms with Crippen LogP contribution in [0.1, 0.15) is 36.4 Å². The van der Waals surface area contributed by atoms with Gasteiger partial charge in [-0.3, -0.25) is 0 Å². The highest BCUT2D eigenvalue weighted by Crippen LogP contribution is 2.22. The molecule has 1 unspecified atom stereocenters. The second kappa shape index (κ2) is 6.40. The Labute approximate surface area is 95.7 Å². The van der Waals surface area contributed by atoms with Crippen molar-refractivity contribution in [1.82, 2.24) is 10.3 Å². The van der Waals surface area contributed by atoms with Gasteiger partial charge in [-0.05, 0) is 31.0 Å². The lowest BCUT2D eigenvalue weighted by molar-refractivity contribution is 0.608. The molecule has 1 atom stereocenters. The topological polar surface area (TPSA) is 24.9 Å². The highest BCUT2D eigenvalue weighted by molar-refractivity contribution is 7.10. The van der Waals surface area contributed by atoms with Crippen molar-refractivity contribution in [3.05, 3.63) is 35.4 Å². The zero-order valence-corrected chi connectivity index (χ0v) is 10.0. The number of hydrogen-bond acceptors (Lipinski definition) is 3. The van der Waals surface area contributed by atoms with E-state index in [2.05, 4.69) is 35.8 Å². The summed E-state index contributed by atoms with van der Waals surface area (Å²) in [6.45, 7) is 10.5. The second-order valence-electron chi connectivity index (χ2n) is 3.52. The predicted molar refractivity (Wildman–Crippen MR) is 68.1 cm³/mol. The molecule has 0 saturated carbocycles. The molecule has 0 radical (unpaired) electrons. The van der Waals surface area contributed by atoms with Crippen LogP contribution in [0.15, 0.2) is 24.7 Å². The summed E-state index contributed by atoms with van der Waals surface area (Å²) in [6.07, 6.45) is 5.85. The van der Waals surface area contributed by atoms with Crippen LogP contribution in [0, 0.1) is 0 Å². The lowest BCUT2D eigenvalue weighted by Gasteiger charge is -2.07. The molecule has 0 saturated heterocycles. The van der Waals surface area contributed by atoms with Crippen LogP contribution in [0.4, 0.5) is 0 Å². The summed E-state index contributed by atoms with van der Waals surface area (Å²) in [5.41, 5.74) is 1.19. The van der Waals surface area contributed by atoms with Crippen LogP contribution in [0.2, 0.25) is 0 Å². The Bertz CT molecular complexity index is 317. The molecular formula is C12H18N2S. The molecule has 1 aromatic heterocycles. The molecule has 2 nitrogen and oxygen atoms in total. The standard InChI is InChI=1S/C12H18N2S/c1-4-12-14-11(9-15-12)10(3)7-6-8-13-5-2/h4-5,9-10,13H,1-2,6-8H2,3H3. The quantitative estimate of drug-likeness (QED) is 0.715. The molecule has 0 spiro atoms. The Kier molecular flexibility index (Phi) is 5.12. The minimum absolute atomic E-state index is 0.529. The van der Waals surface area contributed by atoms with Gasteiger partial charge in [0.05, 0.1) is 5.69 Å². The van der Waals surface area contributed by atoms with Crippen molar-refractivity contribution in [2.24, 2.45) is 0 Å². The maximum atomic E-state index is 4.49. The number of nitrogens with zero attached hydrogens (tertiary/aromatic N) is 1. The van der Waals surface area contributed by atoms with Gasteiger partial charge in [0.15, 0.2) is 0 Å². The third-order valence-corrected chi connectivity index (χ3v) is 3.18. The van der Waals surface area contributed by atoms with E-state index in [0.29, 0.717) is 5.92 Å². The van der Waals surface area contributed by atoms with Crippen molar-refractivity contribution < 1.29 is 0 Å². The zero-order chi connectivity index (χ0) is 11.1. The normalized spacial score (nSPS) is 12.1. The van der Waals surface area contributed by atoms with Gasteiger partial charge in [0.25, 0.3) is 0 Å². The average molecular weight is 222 g/mol. The van der Waals surface area contributed by atoms with Gasteiger partial charge in [0, 0.05) is 11.9 Å². The van der Waals surface area contributed by atoms with Gasteiger partial charge in [-0.15, -0.1) is 11.3 Å². The summed E-state index contributed by atoms with van der Waals surface area (Å²) in [4.78, 5) is 4.49. The van der Waals surface area contributed by atoms with Gasteiger partial charge < -0.3 is 5.32 Å². The van der Waals surface area contributed by atoms with Crippen molar-refractivity contribution in [3.8, 4) is 0 Å². The van der Waals surface area contributed by atoms with Crippen LogP contribution >= 0.6 is 11.3 Å². The zero-order valence-electron chi connectivity index (χ0n) is 9.20. The number of aromatic nitrogens is 1. The molecule has 0 aliphatic carbocycles. The van der Waals surface area contributed by atoms with Crippen LogP contribution in [-0.4, -0.2) is 11.5 Å². The van der Waals surface area contributed by atoms with Crippen LogP contribution in [0.25, 0.3) is 6.08 Å². The Hall–Kier alpha value is -1.09. The van der Waals surface area contributed by atoms with Crippen LogP contribution in [0.3, 0.4) is 0 Å². The summed E-state index contributed by atoms with van der Waals surface area (Å²) >= 11 is 1.66. The molecule has 82 valence electrons. The highest BCUT2D eigenvalue weighted by atomic mass is 32.1. The molecule has 0 aliphatic heterocycles. The van der Waals surface area contributed by atoms with E-state index in [4.69, 9.17) is 0 Å². The van der Waals surface area contributed by atoms with Crippen LogP contribution in [-0.2, 0) is 0 Å². The van der Waals surface area contributed by atoms with Gasteiger partial charge in [0.1, 0.15) is 5.01 Å². The largest absolute Gasteiger partial charge is 0.391 e. The number of nitrogens with one attached hydrogen (secondary N) is 1. The van der Waals surface area contributed by atoms with Crippen LogP contribution in [0.5, 0.6) is 0 Å². The van der Waals surface area contributed by atoms with Crippen molar-refractivity contribution in [1.29, 1.82) is 0 Å². The fourth-order valence-electron chi connectivity index (χ4n) is 1.38. The predicted octanol–water partition coefficient (Wildman–Crippen LogP) is 3.40. The lowest BCUT2D eigenvalue weighted by Crippen LogP contribution is -2.07. The molecule has 0 aromatic carbocycles. The van der Waals surface area contributed by atoms with Gasteiger partial charge in [-0.1, -0.05) is 20.1 Å². The number of hydrogen-bond donors (Lipinski definition) is 1. The molecule has 3 heteroatoms. The summed E-state index contributed by atoms with van der Waals surface area (Å²) in [7, 11) is 0. The van der Waals surface area contributed by atoms with Gasteiger partial charge in [-0.2, -0.15) is 0 Å². The van der Waals surface area contributed by atoms with E-state index < -0.39 is 0 Å². The SMILES string of the molecule is C=CNCCCC(C)c1csc(C=C)n1. The molecule has 0 aliphatic rings. The minimum Gasteiger partial charge on any atom is -0.391 e. The lowest BCUT2D eigenvalue weighted by atomic mass is 10.0. The molecule has 1 heterocycles. The smallest absolute Gasteiger partial charge is 0.115 e. The van der Waals surface area contributed by atoms with E-state index in [-0.39, 0.29) is 0 Å². The second-order valence-corrected chi connectivity index (χ2v) is 4.41. The summed E-state index contributed by atoms with van der Waals surface area (Å²) in [5.74, 6) is 0.529.